The molecule has 6 heteroatoms. The highest BCUT2D eigenvalue weighted by atomic mass is 19.3. The van der Waals surface area contributed by atoms with Crippen LogP contribution in [-0.4, -0.2) is 44.1 Å². The van der Waals surface area contributed by atoms with Crippen LogP contribution in [0.15, 0.2) is 24.3 Å². The Morgan fingerprint density at radius 1 is 1.52 bits per heavy atom. The summed E-state index contributed by atoms with van der Waals surface area (Å²) in [7, 11) is 1.89. The lowest BCUT2D eigenvalue weighted by Gasteiger charge is -2.32. The van der Waals surface area contributed by atoms with Crippen molar-refractivity contribution >= 4 is 5.91 Å². The Morgan fingerprint density at radius 2 is 2.33 bits per heavy atom. The highest BCUT2D eigenvalue weighted by molar-refractivity contribution is 5.94. The van der Waals surface area contributed by atoms with Crippen LogP contribution < -0.4 is 10.1 Å². The van der Waals surface area contributed by atoms with Gasteiger partial charge in [0.15, 0.2) is 0 Å². The largest absolute Gasteiger partial charge is 0.435 e. The molecule has 1 aliphatic heterocycles. The van der Waals surface area contributed by atoms with Crippen LogP contribution >= 0.6 is 0 Å². The molecule has 116 valence electrons. The van der Waals surface area contributed by atoms with E-state index >= 15 is 0 Å². The van der Waals surface area contributed by atoms with Crippen molar-refractivity contribution in [2.75, 3.05) is 26.7 Å². The molecule has 1 N–H and O–H groups in total. The number of nitrogens with zero attached hydrogens (tertiary/aromatic N) is 1. The van der Waals surface area contributed by atoms with Gasteiger partial charge in [-0.2, -0.15) is 8.78 Å². The van der Waals surface area contributed by atoms with Gasteiger partial charge in [-0.25, -0.2) is 0 Å². The zero-order chi connectivity index (χ0) is 15.2. The van der Waals surface area contributed by atoms with E-state index in [-0.39, 0.29) is 11.7 Å². The molecule has 1 atom stereocenters. The molecule has 1 saturated heterocycles. The highest BCUT2D eigenvalue weighted by Gasteiger charge is 2.24. The summed E-state index contributed by atoms with van der Waals surface area (Å²) < 4.78 is 28.8. The third-order valence-corrected chi connectivity index (χ3v) is 3.61. The van der Waals surface area contributed by atoms with E-state index in [2.05, 4.69) is 10.1 Å². The molecule has 2 rings (SSSR count). The van der Waals surface area contributed by atoms with Gasteiger partial charge in [-0.15, -0.1) is 0 Å². The van der Waals surface area contributed by atoms with Crippen LogP contribution in [0.2, 0.25) is 0 Å². The van der Waals surface area contributed by atoms with Crippen molar-refractivity contribution in [1.29, 1.82) is 0 Å². The van der Waals surface area contributed by atoms with Gasteiger partial charge in [0.2, 0.25) is 0 Å². The Bertz CT molecular complexity index is 480. The van der Waals surface area contributed by atoms with Gasteiger partial charge in [-0.3, -0.25) is 4.79 Å². The number of alkyl halides is 2. The van der Waals surface area contributed by atoms with Crippen LogP contribution in [0.5, 0.6) is 5.75 Å². The molecular formula is C15H20F2N2O2. The minimum Gasteiger partial charge on any atom is -0.435 e. The van der Waals surface area contributed by atoms with E-state index in [1.807, 2.05) is 7.05 Å². The molecule has 0 spiro atoms. The van der Waals surface area contributed by atoms with Crippen molar-refractivity contribution in [3.05, 3.63) is 29.8 Å². The minimum atomic E-state index is -2.88. The maximum Gasteiger partial charge on any atom is 0.387 e. The van der Waals surface area contributed by atoms with Gasteiger partial charge < -0.3 is 15.0 Å². The van der Waals surface area contributed by atoms with Crippen LogP contribution in [0, 0.1) is 5.92 Å². The average Bonchev–Trinajstić information content (AvgIpc) is 2.47. The van der Waals surface area contributed by atoms with Gasteiger partial charge in [0.1, 0.15) is 5.75 Å². The number of rotatable bonds is 5. The summed E-state index contributed by atoms with van der Waals surface area (Å²) in [4.78, 5) is 14.2. The topological polar surface area (TPSA) is 41.6 Å². The van der Waals surface area contributed by atoms with Crippen molar-refractivity contribution in [2.45, 2.75) is 19.5 Å². The van der Waals surface area contributed by atoms with Crippen molar-refractivity contribution in [3.63, 3.8) is 0 Å². The molecule has 1 aromatic carbocycles. The second-order valence-electron chi connectivity index (χ2n) is 5.22. The van der Waals surface area contributed by atoms with Crippen LogP contribution in [0.4, 0.5) is 8.78 Å². The minimum absolute atomic E-state index is 0.0136. The molecule has 0 saturated carbocycles. The van der Waals surface area contributed by atoms with E-state index in [0.717, 1.165) is 19.4 Å². The summed E-state index contributed by atoms with van der Waals surface area (Å²) in [5.41, 5.74) is 0.387. The number of nitrogens with one attached hydrogen (secondary N) is 1. The summed E-state index contributed by atoms with van der Waals surface area (Å²) in [5.74, 6) is 0.323. The fraction of sp³-hybridized carbons (Fsp3) is 0.533. The van der Waals surface area contributed by atoms with E-state index < -0.39 is 6.61 Å². The molecule has 0 radical (unpaired) electrons. The number of piperidine rings is 1. The summed E-state index contributed by atoms with van der Waals surface area (Å²) >= 11 is 0. The fourth-order valence-corrected chi connectivity index (χ4v) is 2.69. The third-order valence-electron chi connectivity index (χ3n) is 3.61. The smallest absolute Gasteiger partial charge is 0.387 e. The summed E-state index contributed by atoms with van der Waals surface area (Å²) in [6.45, 7) is -0.609. The zero-order valence-electron chi connectivity index (χ0n) is 12.0. The first kappa shape index (κ1) is 15.7. The number of benzene rings is 1. The van der Waals surface area contributed by atoms with Gasteiger partial charge in [0, 0.05) is 18.7 Å². The lowest BCUT2D eigenvalue weighted by atomic mass is 9.97. The van der Waals surface area contributed by atoms with E-state index in [1.54, 1.807) is 17.0 Å². The number of halogens is 2. The van der Waals surface area contributed by atoms with E-state index in [1.165, 1.54) is 12.1 Å². The molecule has 0 bridgehead atoms. The molecule has 0 aromatic heterocycles. The van der Waals surface area contributed by atoms with Gasteiger partial charge >= 0.3 is 6.61 Å². The Labute approximate surface area is 123 Å². The maximum absolute atomic E-state index is 12.5. The van der Waals surface area contributed by atoms with Gasteiger partial charge in [0.25, 0.3) is 5.91 Å². The van der Waals surface area contributed by atoms with Crippen molar-refractivity contribution in [1.82, 2.24) is 10.2 Å². The number of hydrogen-bond acceptors (Lipinski definition) is 3. The summed E-state index contributed by atoms with van der Waals surface area (Å²) in [6.07, 6.45) is 2.06. The predicted octanol–water partition coefficient (Wildman–Crippen LogP) is 2.36. The summed E-state index contributed by atoms with van der Waals surface area (Å²) in [6, 6.07) is 5.97. The Kier molecular flexibility index (Phi) is 5.50. The Balaban J connectivity index is 2.05. The molecule has 0 aliphatic carbocycles. The zero-order valence-corrected chi connectivity index (χ0v) is 12.0. The van der Waals surface area contributed by atoms with E-state index in [0.29, 0.717) is 24.6 Å². The number of carbonyl (C=O) groups is 1. The summed E-state index contributed by atoms with van der Waals surface area (Å²) in [5, 5.41) is 3.13. The SMILES string of the molecule is CNCC1CCCN(C(=O)c2cccc(OC(F)F)c2)C1. The quantitative estimate of drug-likeness (QED) is 0.907. The molecule has 1 aromatic rings. The fourth-order valence-electron chi connectivity index (χ4n) is 2.69. The normalized spacial score (nSPS) is 18.9. The second kappa shape index (κ2) is 7.36. The maximum atomic E-state index is 12.5. The number of amides is 1. The Hall–Kier alpha value is -1.69. The highest BCUT2D eigenvalue weighted by Crippen LogP contribution is 2.21. The van der Waals surface area contributed by atoms with Gasteiger partial charge in [-0.1, -0.05) is 6.07 Å². The molecule has 1 amide bonds. The second-order valence-corrected chi connectivity index (χ2v) is 5.22. The standard InChI is InChI=1S/C15H20F2N2O2/c1-18-9-11-4-3-7-19(10-11)14(20)12-5-2-6-13(8-12)21-15(16)17/h2,5-6,8,11,15,18H,3-4,7,9-10H2,1H3. The lowest BCUT2D eigenvalue weighted by Crippen LogP contribution is -2.42. The predicted molar refractivity (Wildman–Crippen MR) is 75.6 cm³/mol. The first-order valence-electron chi connectivity index (χ1n) is 7.09. The molecular weight excluding hydrogens is 278 g/mol. The number of ether oxygens (including phenoxy) is 1. The van der Waals surface area contributed by atoms with Crippen LogP contribution in [0.1, 0.15) is 23.2 Å². The molecule has 1 aliphatic rings. The first-order chi connectivity index (χ1) is 10.1. The van der Waals surface area contributed by atoms with Crippen molar-refractivity contribution in [2.24, 2.45) is 5.92 Å². The molecule has 4 nitrogen and oxygen atoms in total. The molecule has 21 heavy (non-hydrogen) atoms. The number of carbonyl (C=O) groups excluding carboxylic acids is 1. The van der Waals surface area contributed by atoms with Gasteiger partial charge in [-0.05, 0) is 50.6 Å². The lowest BCUT2D eigenvalue weighted by molar-refractivity contribution is -0.0499. The van der Waals surface area contributed by atoms with E-state index in [9.17, 15) is 13.6 Å². The average molecular weight is 298 g/mol. The Morgan fingerprint density at radius 3 is 3.05 bits per heavy atom. The monoisotopic (exact) mass is 298 g/mol. The number of hydrogen-bond donors (Lipinski definition) is 1. The number of likely N-dealkylation sites (tertiary alicyclic amines) is 1. The first-order valence-corrected chi connectivity index (χ1v) is 7.09. The molecule has 1 unspecified atom stereocenters. The van der Waals surface area contributed by atoms with Crippen LogP contribution in [0.25, 0.3) is 0 Å². The van der Waals surface area contributed by atoms with Crippen LogP contribution in [-0.2, 0) is 0 Å². The van der Waals surface area contributed by atoms with Crippen molar-refractivity contribution in [3.8, 4) is 5.75 Å². The third kappa shape index (κ3) is 4.39. The molecule has 1 heterocycles. The van der Waals surface area contributed by atoms with Gasteiger partial charge in [0.05, 0.1) is 0 Å². The van der Waals surface area contributed by atoms with Crippen molar-refractivity contribution < 1.29 is 18.3 Å². The molecule has 1 fully saturated rings. The van der Waals surface area contributed by atoms with E-state index in [4.69, 9.17) is 0 Å². The van der Waals surface area contributed by atoms with Crippen LogP contribution in [0.3, 0.4) is 0 Å².